The summed E-state index contributed by atoms with van der Waals surface area (Å²) in [5, 5.41) is 34.9. The predicted molar refractivity (Wildman–Crippen MR) is 129 cm³/mol. The number of likely N-dealkylation sites (tertiary alicyclic amines) is 1. The van der Waals surface area contributed by atoms with E-state index in [0.29, 0.717) is 24.5 Å². The molecule has 0 aromatic heterocycles. The van der Waals surface area contributed by atoms with Gasteiger partial charge in [0.05, 0.1) is 23.7 Å². The minimum absolute atomic E-state index is 0.0303. The number of nitrogens with zero attached hydrogens (tertiary/aromatic N) is 1. The number of carbonyl (C=O) groups excluding carboxylic acids is 2. The standard InChI is InChI=1S/C26H37ClN2O5/c1-25(2)15-29(12-11-26(25,34)17-7-9-18(27)10-8-17)24(33)19-5-3-4-6-20(19)28-23(32)16-13-21(30)22(31)14-16/h7-10,16,19-22,30-31,34H,3-6,11-15H2,1-2H3,(H,28,32)/t16?,19-,20+,21?,22?,26-/m0/s1. The molecular weight excluding hydrogens is 456 g/mol. The van der Waals surface area contributed by atoms with Crippen molar-refractivity contribution in [1.29, 1.82) is 0 Å². The predicted octanol–water partition coefficient (Wildman–Crippen LogP) is 2.59. The summed E-state index contributed by atoms with van der Waals surface area (Å²) in [7, 11) is 0. The van der Waals surface area contributed by atoms with E-state index in [0.717, 1.165) is 31.2 Å². The molecule has 8 heteroatoms. The maximum atomic E-state index is 13.6. The van der Waals surface area contributed by atoms with Crippen LogP contribution in [0.15, 0.2) is 24.3 Å². The monoisotopic (exact) mass is 492 g/mol. The number of aliphatic hydroxyl groups excluding tert-OH is 2. The van der Waals surface area contributed by atoms with E-state index in [1.54, 1.807) is 12.1 Å². The van der Waals surface area contributed by atoms with Crippen LogP contribution in [0.2, 0.25) is 5.02 Å². The molecule has 3 aliphatic rings. The number of hydrogen-bond donors (Lipinski definition) is 4. The average molecular weight is 493 g/mol. The molecule has 1 aromatic carbocycles. The lowest BCUT2D eigenvalue weighted by molar-refractivity contribution is -0.158. The van der Waals surface area contributed by atoms with Crippen molar-refractivity contribution >= 4 is 23.4 Å². The fraction of sp³-hybridized carbons (Fsp3) is 0.692. The number of nitrogens with one attached hydrogen (secondary N) is 1. The largest absolute Gasteiger partial charge is 0.390 e. The molecule has 4 rings (SSSR count). The Morgan fingerprint density at radius 2 is 1.68 bits per heavy atom. The van der Waals surface area contributed by atoms with Crippen LogP contribution in [0, 0.1) is 17.3 Å². The summed E-state index contributed by atoms with van der Waals surface area (Å²) in [4.78, 5) is 28.3. The summed E-state index contributed by atoms with van der Waals surface area (Å²) in [6.45, 7) is 4.83. The first-order valence-electron chi connectivity index (χ1n) is 12.5. The molecule has 0 spiro atoms. The second kappa shape index (κ2) is 9.76. The maximum absolute atomic E-state index is 13.6. The average Bonchev–Trinajstić information content (AvgIpc) is 3.14. The molecule has 2 saturated carbocycles. The summed E-state index contributed by atoms with van der Waals surface area (Å²) in [5.74, 6) is -0.878. The Bertz CT molecular complexity index is 897. The van der Waals surface area contributed by atoms with Crippen LogP contribution in [0.5, 0.6) is 0 Å². The topological polar surface area (TPSA) is 110 Å². The lowest BCUT2D eigenvalue weighted by Crippen LogP contribution is -2.59. The van der Waals surface area contributed by atoms with E-state index in [2.05, 4.69) is 5.32 Å². The van der Waals surface area contributed by atoms with E-state index in [1.807, 2.05) is 30.9 Å². The third-order valence-electron chi connectivity index (χ3n) is 8.36. The van der Waals surface area contributed by atoms with Crippen molar-refractivity contribution in [2.75, 3.05) is 13.1 Å². The van der Waals surface area contributed by atoms with Crippen molar-refractivity contribution < 1.29 is 24.9 Å². The van der Waals surface area contributed by atoms with Gasteiger partial charge >= 0.3 is 0 Å². The lowest BCUT2D eigenvalue weighted by Gasteiger charge is -2.51. The molecule has 34 heavy (non-hydrogen) atoms. The second-order valence-electron chi connectivity index (χ2n) is 11.1. The molecule has 2 aliphatic carbocycles. The van der Waals surface area contributed by atoms with Gasteiger partial charge in [0.1, 0.15) is 0 Å². The van der Waals surface area contributed by atoms with Crippen LogP contribution in [0.1, 0.15) is 64.4 Å². The molecule has 188 valence electrons. The molecule has 1 aromatic rings. The van der Waals surface area contributed by atoms with Gasteiger partial charge in [-0.25, -0.2) is 0 Å². The quantitative estimate of drug-likeness (QED) is 0.516. The van der Waals surface area contributed by atoms with E-state index in [-0.39, 0.29) is 36.6 Å². The SMILES string of the molecule is CC1(C)CN(C(=O)[C@H]2CCCC[C@H]2NC(=O)C2CC(O)C(O)C2)CC[C@]1(O)c1ccc(Cl)cc1. The molecule has 7 nitrogen and oxygen atoms in total. The molecule has 0 radical (unpaired) electrons. The summed E-state index contributed by atoms with van der Waals surface area (Å²) in [6.07, 6.45) is 2.55. The Hall–Kier alpha value is -1.67. The molecule has 2 unspecified atom stereocenters. The Balaban J connectivity index is 1.44. The van der Waals surface area contributed by atoms with Crippen LogP contribution in [0.3, 0.4) is 0 Å². The van der Waals surface area contributed by atoms with Crippen molar-refractivity contribution in [2.24, 2.45) is 17.3 Å². The van der Waals surface area contributed by atoms with Gasteiger partial charge in [0.2, 0.25) is 11.8 Å². The lowest BCUT2D eigenvalue weighted by atomic mass is 9.66. The highest BCUT2D eigenvalue weighted by Gasteiger charge is 2.50. The summed E-state index contributed by atoms with van der Waals surface area (Å²) in [6, 6.07) is 7.01. The summed E-state index contributed by atoms with van der Waals surface area (Å²) in [5.41, 5.74) is -0.838. The van der Waals surface area contributed by atoms with Gasteiger partial charge in [-0.2, -0.15) is 0 Å². The summed E-state index contributed by atoms with van der Waals surface area (Å²) >= 11 is 6.03. The van der Waals surface area contributed by atoms with Crippen molar-refractivity contribution in [3.05, 3.63) is 34.9 Å². The highest BCUT2D eigenvalue weighted by atomic mass is 35.5. The zero-order chi connectivity index (χ0) is 24.7. The van der Waals surface area contributed by atoms with Gasteiger partial charge < -0.3 is 25.5 Å². The number of benzene rings is 1. The smallest absolute Gasteiger partial charge is 0.227 e. The third-order valence-corrected chi connectivity index (χ3v) is 8.61. The van der Waals surface area contributed by atoms with Gasteiger partial charge in [0.15, 0.2) is 0 Å². The first-order chi connectivity index (χ1) is 16.0. The minimum Gasteiger partial charge on any atom is -0.390 e. The highest BCUT2D eigenvalue weighted by Crippen LogP contribution is 2.46. The first-order valence-corrected chi connectivity index (χ1v) is 12.8. The maximum Gasteiger partial charge on any atom is 0.227 e. The normalized spacial score (nSPS) is 35.7. The number of aliphatic hydroxyl groups is 3. The van der Waals surface area contributed by atoms with Crippen LogP contribution in [-0.2, 0) is 15.2 Å². The number of halogens is 1. The van der Waals surface area contributed by atoms with E-state index < -0.39 is 29.1 Å². The van der Waals surface area contributed by atoms with E-state index in [1.165, 1.54) is 0 Å². The Kier molecular flexibility index (Phi) is 7.30. The molecule has 5 atom stereocenters. The molecule has 1 aliphatic heterocycles. The van der Waals surface area contributed by atoms with Crippen LogP contribution in [0.25, 0.3) is 0 Å². The van der Waals surface area contributed by atoms with E-state index in [9.17, 15) is 24.9 Å². The zero-order valence-electron chi connectivity index (χ0n) is 20.0. The van der Waals surface area contributed by atoms with Crippen molar-refractivity contribution in [3.63, 3.8) is 0 Å². The van der Waals surface area contributed by atoms with Gasteiger partial charge in [0.25, 0.3) is 0 Å². The molecule has 1 heterocycles. The number of carbonyl (C=O) groups is 2. The van der Waals surface area contributed by atoms with Crippen LogP contribution in [0.4, 0.5) is 0 Å². The number of piperidine rings is 1. The van der Waals surface area contributed by atoms with Gasteiger partial charge in [-0.3, -0.25) is 9.59 Å². The summed E-state index contributed by atoms with van der Waals surface area (Å²) < 4.78 is 0. The molecule has 4 N–H and O–H groups in total. The molecular formula is C26H37ClN2O5. The molecule has 1 saturated heterocycles. The number of rotatable bonds is 4. The molecule has 3 fully saturated rings. The van der Waals surface area contributed by atoms with Crippen molar-refractivity contribution in [3.8, 4) is 0 Å². The molecule has 0 bridgehead atoms. The number of amides is 2. The fourth-order valence-electron chi connectivity index (χ4n) is 6.11. The Morgan fingerprint density at radius 3 is 2.29 bits per heavy atom. The van der Waals surface area contributed by atoms with Crippen LogP contribution in [-0.4, -0.2) is 63.4 Å². The highest BCUT2D eigenvalue weighted by molar-refractivity contribution is 6.30. The fourth-order valence-corrected chi connectivity index (χ4v) is 6.24. The van der Waals surface area contributed by atoms with Gasteiger partial charge in [-0.05, 0) is 49.8 Å². The van der Waals surface area contributed by atoms with Gasteiger partial charge in [-0.15, -0.1) is 0 Å². The van der Waals surface area contributed by atoms with E-state index in [4.69, 9.17) is 11.6 Å². The zero-order valence-corrected chi connectivity index (χ0v) is 20.8. The van der Waals surface area contributed by atoms with Crippen LogP contribution < -0.4 is 5.32 Å². The number of hydrogen-bond acceptors (Lipinski definition) is 5. The van der Waals surface area contributed by atoms with Crippen molar-refractivity contribution in [1.82, 2.24) is 10.2 Å². The van der Waals surface area contributed by atoms with Crippen molar-refractivity contribution in [2.45, 2.75) is 82.6 Å². The third kappa shape index (κ3) is 4.85. The first kappa shape index (κ1) is 25.4. The van der Waals surface area contributed by atoms with Crippen LogP contribution >= 0.6 is 11.6 Å². The molecule has 2 amide bonds. The Morgan fingerprint density at radius 1 is 1.06 bits per heavy atom. The second-order valence-corrected chi connectivity index (χ2v) is 11.5. The van der Waals surface area contributed by atoms with Gasteiger partial charge in [-0.1, -0.05) is 50.4 Å². The Labute approximate surface area is 206 Å². The minimum atomic E-state index is -1.07. The van der Waals surface area contributed by atoms with E-state index >= 15 is 0 Å². The van der Waals surface area contributed by atoms with Gasteiger partial charge in [0, 0.05) is 35.5 Å².